The SMILES string of the molecule is Cc1c(C(=O)N2CCN(C(=O)C34CC5CC(CC(C5)C3)C4)CC2)cnn1C(C)C. The molecule has 0 spiro atoms. The van der Waals surface area contributed by atoms with Crippen molar-refractivity contribution in [2.45, 2.75) is 65.3 Å². The van der Waals surface area contributed by atoms with Crippen LogP contribution < -0.4 is 0 Å². The predicted octanol–water partition coefficient (Wildman–Crippen LogP) is 3.27. The van der Waals surface area contributed by atoms with E-state index in [1.807, 2.05) is 16.5 Å². The average molecular weight is 399 g/mol. The number of aromatic nitrogens is 2. The second-order valence-electron chi connectivity index (χ2n) is 10.5. The molecule has 5 aliphatic rings. The molecule has 2 heterocycles. The topological polar surface area (TPSA) is 58.4 Å². The fourth-order valence-electron chi connectivity index (χ4n) is 7.14. The van der Waals surface area contributed by atoms with Gasteiger partial charge in [-0.25, -0.2) is 0 Å². The Labute approximate surface area is 173 Å². The summed E-state index contributed by atoms with van der Waals surface area (Å²) < 4.78 is 1.90. The second kappa shape index (κ2) is 6.85. The van der Waals surface area contributed by atoms with Gasteiger partial charge in [0.1, 0.15) is 0 Å². The van der Waals surface area contributed by atoms with Crippen LogP contribution in [0.25, 0.3) is 0 Å². The number of nitrogens with zero attached hydrogens (tertiary/aromatic N) is 4. The molecule has 6 heteroatoms. The van der Waals surface area contributed by atoms with Crippen LogP contribution >= 0.6 is 0 Å². The average Bonchev–Trinajstić information content (AvgIpc) is 3.07. The lowest BCUT2D eigenvalue weighted by Gasteiger charge is -2.57. The van der Waals surface area contributed by atoms with Crippen molar-refractivity contribution in [3.05, 3.63) is 17.5 Å². The van der Waals surface area contributed by atoms with Crippen molar-refractivity contribution >= 4 is 11.8 Å². The van der Waals surface area contributed by atoms with E-state index in [9.17, 15) is 9.59 Å². The lowest BCUT2D eigenvalue weighted by Crippen LogP contribution is -2.58. The molecule has 5 fully saturated rings. The maximum atomic E-state index is 13.5. The van der Waals surface area contributed by atoms with Crippen molar-refractivity contribution < 1.29 is 9.59 Å². The number of piperazine rings is 1. The Kier molecular flexibility index (Phi) is 4.52. The number of hydrogen-bond acceptors (Lipinski definition) is 3. The second-order valence-corrected chi connectivity index (χ2v) is 10.5. The maximum absolute atomic E-state index is 13.5. The molecule has 0 unspecified atom stereocenters. The third kappa shape index (κ3) is 3.10. The van der Waals surface area contributed by atoms with Crippen LogP contribution in [-0.4, -0.2) is 57.6 Å². The molecule has 0 N–H and O–H groups in total. The molecule has 6 rings (SSSR count). The molecule has 0 atom stereocenters. The van der Waals surface area contributed by atoms with E-state index in [0.717, 1.165) is 42.7 Å². The molecule has 158 valence electrons. The summed E-state index contributed by atoms with van der Waals surface area (Å²) in [6.07, 6.45) is 9.12. The molecule has 4 saturated carbocycles. The van der Waals surface area contributed by atoms with Gasteiger partial charge in [-0.1, -0.05) is 0 Å². The summed E-state index contributed by atoms with van der Waals surface area (Å²) in [5.74, 6) is 2.81. The molecule has 4 bridgehead atoms. The summed E-state index contributed by atoms with van der Waals surface area (Å²) in [6.45, 7) is 8.71. The van der Waals surface area contributed by atoms with Gasteiger partial charge in [-0.15, -0.1) is 0 Å². The van der Waals surface area contributed by atoms with Gasteiger partial charge >= 0.3 is 0 Å². The molecule has 0 aromatic carbocycles. The van der Waals surface area contributed by atoms with Crippen molar-refractivity contribution in [3.63, 3.8) is 0 Å². The smallest absolute Gasteiger partial charge is 0.257 e. The third-order valence-electron chi connectivity index (χ3n) is 8.11. The van der Waals surface area contributed by atoms with Crippen LogP contribution in [0.3, 0.4) is 0 Å². The van der Waals surface area contributed by atoms with E-state index in [0.29, 0.717) is 37.6 Å². The molecular formula is C23H34N4O2. The number of rotatable bonds is 3. The highest BCUT2D eigenvalue weighted by atomic mass is 16.2. The van der Waals surface area contributed by atoms with Crippen LogP contribution in [0.15, 0.2) is 6.20 Å². The zero-order chi connectivity index (χ0) is 20.3. The molecule has 1 aliphatic heterocycles. The Morgan fingerprint density at radius 3 is 1.97 bits per heavy atom. The summed E-state index contributed by atoms with van der Waals surface area (Å²) in [7, 11) is 0. The molecule has 29 heavy (non-hydrogen) atoms. The lowest BCUT2D eigenvalue weighted by atomic mass is 9.49. The van der Waals surface area contributed by atoms with Gasteiger partial charge in [0.05, 0.1) is 17.2 Å². The zero-order valence-corrected chi connectivity index (χ0v) is 18.1. The van der Waals surface area contributed by atoms with Gasteiger partial charge in [0.15, 0.2) is 0 Å². The van der Waals surface area contributed by atoms with E-state index >= 15 is 0 Å². The molecule has 1 saturated heterocycles. The van der Waals surface area contributed by atoms with Crippen molar-refractivity contribution in [3.8, 4) is 0 Å². The van der Waals surface area contributed by atoms with Crippen LogP contribution in [0.2, 0.25) is 0 Å². The highest BCUT2D eigenvalue weighted by Crippen LogP contribution is 2.60. The van der Waals surface area contributed by atoms with E-state index in [2.05, 4.69) is 23.8 Å². The highest BCUT2D eigenvalue weighted by molar-refractivity contribution is 5.95. The third-order valence-corrected chi connectivity index (χ3v) is 8.11. The van der Waals surface area contributed by atoms with Crippen LogP contribution in [-0.2, 0) is 4.79 Å². The molecule has 1 aromatic heterocycles. The molecule has 1 aromatic rings. The van der Waals surface area contributed by atoms with E-state index in [-0.39, 0.29) is 17.4 Å². The number of carbonyl (C=O) groups excluding carboxylic acids is 2. The fraction of sp³-hybridized carbons (Fsp3) is 0.783. The number of hydrogen-bond donors (Lipinski definition) is 0. The minimum absolute atomic E-state index is 0.0521. The summed E-state index contributed by atoms with van der Waals surface area (Å²) in [5.41, 5.74) is 1.55. The van der Waals surface area contributed by atoms with Gasteiger partial charge in [0, 0.05) is 37.9 Å². The maximum Gasteiger partial charge on any atom is 0.257 e. The van der Waals surface area contributed by atoms with Gasteiger partial charge in [-0.2, -0.15) is 5.10 Å². The monoisotopic (exact) mass is 398 g/mol. The summed E-state index contributed by atoms with van der Waals surface area (Å²) in [6, 6.07) is 0.242. The fourth-order valence-corrected chi connectivity index (χ4v) is 7.14. The van der Waals surface area contributed by atoms with Gasteiger partial charge in [0.2, 0.25) is 5.91 Å². The minimum Gasteiger partial charge on any atom is -0.339 e. The minimum atomic E-state index is -0.0735. The normalized spacial score (nSPS) is 33.6. The Morgan fingerprint density at radius 1 is 0.966 bits per heavy atom. The van der Waals surface area contributed by atoms with Crippen LogP contribution in [0.4, 0.5) is 0 Å². The Hall–Kier alpha value is -1.85. The zero-order valence-electron chi connectivity index (χ0n) is 18.1. The molecule has 4 aliphatic carbocycles. The largest absolute Gasteiger partial charge is 0.339 e. The Balaban J connectivity index is 1.24. The first-order valence-corrected chi connectivity index (χ1v) is 11.5. The Bertz CT molecular complexity index is 784. The van der Waals surface area contributed by atoms with Gasteiger partial charge in [-0.05, 0) is 77.0 Å². The first kappa shape index (κ1) is 19.1. The number of amides is 2. The van der Waals surface area contributed by atoms with Crippen molar-refractivity contribution in [2.75, 3.05) is 26.2 Å². The van der Waals surface area contributed by atoms with E-state index < -0.39 is 0 Å². The van der Waals surface area contributed by atoms with Gasteiger partial charge < -0.3 is 9.80 Å². The molecule has 6 nitrogen and oxygen atoms in total. The van der Waals surface area contributed by atoms with Crippen LogP contribution in [0, 0.1) is 30.1 Å². The van der Waals surface area contributed by atoms with E-state index in [4.69, 9.17) is 0 Å². The van der Waals surface area contributed by atoms with E-state index in [1.165, 1.54) is 19.3 Å². The summed E-state index contributed by atoms with van der Waals surface area (Å²) in [4.78, 5) is 30.5. The van der Waals surface area contributed by atoms with Crippen molar-refractivity contribution in [2.24, 2.45) is 23.2 Å². The number of carbonyl (C=O) groups is 2. The Morgan fingerprint density at radius 2 is 1.48 bits per heavy atom. The first-order valence-electron chi connectivity index (χ1n) is 11.5. The molecule has 0 radical (unpaired) electrons. The first-order chi connectivity index (χ1) is 13.9. The highest BCUT2D eigenvalue weighted by Gasteiger charge is 2.55. The lowest BCUT2D eigenvalue weighted by molar-refractivity contribution is -0.159. The molecule has 2 amide bonds. The van der Waals surface area contributed by atoms with Gasteiger partial charge in [0.25, 0.3) is 5.91 Å². The summed E-state index contributed by atoms with van der Waals surface area (Å²) >= 11 is 0. The standard InChI is InChI=1S/C23H34N4O2/c1-15(2)27-16(3)20(14-24-27)21(28)25-4-6-26(7-5-25)22(29)23-11-17-8-18(12-23)10-19(9-17)13-23/h14-15,17-19H,4-13H2,1-3H3. The van der Waals surface area contributed by atoms with Crippen LogP contribution in [0.1, 0.15) is 74.5 Å². The van der Waals surface area contributed by atoms with Gasteiger partial charge in [-0.3, -0.25) is 14.3 Å². The van der Waals surface area contributed by atoms with Crippen molar-refractivity contribution in [1.29, 1.82) is 0 Å². The van der Waals surface area contributed by atoms with E-state index in [1.54, 1.807) is 6.20 Å². The van der Waals surface area contributed by atoms with Crippen molar-refractivity contribution in [1.82, 2.24) is 19.6 Å². The quantitative estimate of drug-likeness (QED) is 0.785. The predicted molar refractivity (Wildman–Crippen MR) is 110 cm³/mol. The molecular weight excluding hydrogens is 364 g/mol. The van der Waals surface area contributed by atoms with Crippen LogP contribution in [0.5, 0.6) is 0 Å². The summed E-state index contributed by atoms with van der Waals surface area (Å²) in [5, 5.41) is 4.38.